The van der Waals surface area contributed by atoms with E-state index in [0.29, 0.717) is 13.2 Å². The standard InChI is InChI=1S/C10H20O5/c1-11-5-7(12-2)10-9(14-4)8(13-3)6-15-10/h7-10H,5-6H2,1-4H3. The Morgan fingerprint density at radius 2 is 1.93 bits per heavy atom. The van der Waals surface area contributed by atoms with E-state index >= 15 is 0 Å². The molecular weight excluding hydrogens is 200 g/mol. The number of ether oxygens (including phenoxy) is 5. The highest BCUT2D eigenvalue weighted by Crippen LogP contribution is 2.23. The Morgan fingerprint density at radius 3 is 2.40 bits per heavy atom. The van der Waals surface area contributed by atoms with Gasteiger partial charge in [-0.15, -0.1) is 0 Å². The molecule has 15 heavy (non-hydrogen) atoms. The van der Waals surface area contributed by atoms with Gasteiger partial charge in [-0.05, 0) is 0 Å². The van der Waals surface area contributed by atoms with Crippen molar-refractivity contribution in [1.29, 1.82) is 0 Å². The molecule has 4 atom stereocenters. The summed E-state index contributed by atoms with van der Waals surface area (Å²) >= 11 is 0. The number of rotatable bonds is 6. The third-order valence-corrected chi connectivity index (χ3v) is 2.72. The molecule has 0 aromatic carbocycles. The van der Waals surface area contributed by atoms with Crippen molar-refractivity contribution in [2.24, 2.45) is 0 Å². The van der Waals surface area contributed by atoms with Crippen molar-refractivity contribution in [3.05, 3.63) is 0 Å². The summed E-state index contributed by atoms with van der Waals surface area (Å²) in [6, 6.07) is 0. The summed E-state index contributed by atoms with van der Waals surface area (Å²) in [7, 11) is 6.58. The van der Waals surface area contributed by atoms with Gasteiger partial charge in [-0.2, -0.15) is 0 Å². The Bertz CT molecular complexity index is 175. The van der Waals surface area contributed by atoms with E-state index in [2.05, 4.69) is 0 Å². The average molecular weight is 220 g/mol. The molecule has 0 aliphatic carbocycles. The fourth-order valence-corrected chi connectivity index (χ4v) is 1.88. The maximum absolute atomic E-state index is 5.61. The average Bonchev–Trinajstić information content (AvgIpc) is 2.68. The van der Waals surface area contributed by atoms with Crippen LogP contribution >= 0.6 is 0 Å². The van der Waals surface area contributed by atoms with Crippen LogP contribution in [-0.4, -0.2) is 66.1 Å². The fraction of sp³-hybridized carbons (Fsp3) is 1.00. The van der Waals surface area contributed by atoms with Gasteiger partial charge < -0.3 is 23.7 Å². The topological polar surface area (TPSA) is 46.2 Å². The number of hydrogen-bond donors (Lipinski definition) is 0. The molecule has 1 aliphatic rings. The highest BCUT2D eigenvalue weighted by molar-refractivity contribution is 4.90. The van der Waals surface area contributed by atoms with Crippen LogP contribution in [-0.2, 0) is 23.7 Å². The zero-order valence-electron chi connectivity index (χ0n) is 9.76. The van der Waals surface area contributed by atoms with Gasteiger partial charge in [-0.25, -0.2) is 0 Å². The molecule has 0 aromatic rings. The van der Waals surface area contributed by atoms with E-state index in [9.17, 15) is 0 Å². The lowest BCUT2D eigenvalue weighted by molar-refractivity contribution is -0.102. The third-order valence-electron chi connectivity index (χ3n) is 2.72. The Balaban J connectivity index is 2.59. The first-order valence-corrected chi connectivity index (χ1v) is 4.97. The van der Waals surface area contributed by atoms with Crippen LogP contribution in [0.2, 0.25) is 0 Å². The molecule has 1 saturated heterocycles. The lowest BCUT2D eigenvalue weighted by Gasteiger charge is -2.26. The van der Waals surface area contributed by atoms with E-state index in [0.717, 1.165) is 0 Å². The van der Waals surface area contributed by atoms with Gasteiger partial charge in [0.15, 0.2) is 0 Å². The van der Waals surface area contributed by atoms with Gasteiger partial charge >= 0.3 is 0 Å². The summed E-state index contributed by atoms with van der Waals surface area (Å²) < 4.78 is 26.6. The Kier molecular flexibility index (Phi) is 5.49. The second-order valence-electron chi connectivity index (χ2n) is 3.50. The summed E-state index contributed by atoms with van der Waals surface area (Å²) in [4.78, 5) is 0. The van der Waals surface area contributed by atoms with Crippen LogP contribution in [0.15, 0.2) is 0 Å². The molecule has 1 fully saturated rings. The molecule has 0 amide bonds. The number of hydrogen-bond acceptors (Lipinski definition) is 5. The molecule has 5 heteroatoms. The van der Waals surface area contributed by atoms with Crippen molar-refractivity contribution in [2.45, 2.75) is 24.4 Å². The molecule has 0 aromatic heterocycles. The van der Waals surface area contributed by atoms with Gasteiger partial charge in [-0.3, -0.25) is 0 Å². The molecular formula is C10H20O5. The Labute approximate surface area is 90.6 Å². The second kappa shape index (κ2) is 6.40. The summed E-state index contributed by atoms with van der Waals surface area (Å²) in [5.41, 5.74) is 0. The smallest absolute Gasteiger partial charge is 0.115 e. The highest BCUT2D eigenvalue weighted by atomic mass is 16.6. The minimum absolute atomic E-state index is 0.0329. The molecule has 5 nitrogen and oxygen atoms in total. The first-order chi connectivity index (χ1) is 7.28. The monoisotopic (exact) mass is 220 g/mol. The molecule has 4 unspecified atom stereocenters. The highest BCUT2D eigenvalue weighted by Gasteiger charge is 2.42. The van der Waals surface area contributed by atoms with Crippen molar-refractivity contribution in [1.82, 2.24) is 0 Å². The molecule has 1 rings (SSSR count). The summed E-state index contributed by atoms with van der Waals surface area (Å²) in [5, 5.41) is 0. The third kappa shape index (κ3) is 2.89. The lowest BCUT2D eigenvalue weighted by Crippen LogP contribution is -2.43. The molecule has 90 valence electrons. The van der Waals surface area contributed by atoms with E-state index in [1.54, 1.807) is 28.4 Å². The van der Waals surface area contributed by atoms with Crippen molar-refractivity contribution >= 4 is 0 Å². The van der Waals surface area contributed by atoms with Crippen molar-refractivity contribution < 1.29 is 23.7 Å². The van der Waals surface area contributed by atoms with Crippen molar-refractivity contribution in [3.8, 4) is 0 Å². The SMILES string of the molecule is COCC(OC)C1OCC(OC)C1OC. The summed E-state index contributed by atoms with van der Waals surface area (Å²) in [6.07, 6.45) is -0.394. The van der Waals surface area contributed by atoms with Crippen LogP contribution in [0.4, 0.5) is 0 Å². The van der Waals surface area contributed by atoms with Crippen molar-refractivity contribution in [3.63, 3.8) is 0 Å². The predicted molar refractivity (Wildman–Crippen MR) is 54.0 cm³/mol. The van der Waals surface area contributed by atoms with E-state index in [-0.39, 0.29) is 24.4 Å². The molecule has 0 bridgehead atoms. The van der Waals surface area contributed by atoms with Crippen LogP contribution in [0, 0.1) is 0 Å². The molecule has 0 spiro atoms. The van der Waals surface area contributed by atoms with E-state index in [4.69, 9.17) is 23.7 Å². The van der Waals surface area contributed by atoms with Gasteiger partial charge in [-0.1, -0.05) is 0 Å². The van der Waals surface area contributed by atoms with E-state index in [1.165, 1.54) is 0 Å². The molecule has 0 radical (unpaired) electrons. The minimum atomic E-state index is -0.134. The first-order valence-electron chi connectivity index (χ1n) is 4.97. The van der Waals surface area contributed by atoms with Gasteiger partial charge in [0.25, 0.3) is 0 Å². The van der Waals surface area contributed by atoms with Crippen LogP contribution in [0.3, 0.4) is 0 Å². The van der Waals surface area contributed by atoms with Crippen LogP contribution in [0.1, 0.15) is 0 Å². The number of methoxy groups -OCH3 is 4. The van der Waals surface area contributed by atoms with Gasteiger partial charge in [0.2, 0.25) is 0 Å². The van der Waals surface area contributed by atoms with Crippen LogP contribution in [0.25, 0.3) is 0 Å². The first kappa shape index (κ1) is 12.9. The largest absolute Gasteiger partial charge is 0.382 e. The normalized spacial score (nSPS) is 33.2. The zero-order valence-corrected chi connectivity index (χ0v) is 9.76. The minimum Gasteiger partial charge on any atom is -0.382 e. The molecule has 0 saturated carbocycles. The fourth-order valence-electron chi connectivity index (χ4n) is 1.88. The van der Waals surface area contributed by atoms with Gasteiger partial charge in [0.05, 0.1) is 13.2 Å². The predicted octanol–water partition coefficient (Wildman–Crippen LogP) is 0.0766. The van der Waals surface area contributed by atoms with Gasteiger partial charge in [0.1, 0.15) is 24.4 Å². The quantitative estimate of drug-likeness (QED) is 0.634. The van der Waals surface area contributed by atoms with Crippen molar-refractivity contribution in [2.75, 3.05) is 41.7 Å². The molecule has 0 N–H and O–H groups in total. The molecule has 1 aliphatic heterocycles. The van der Waals surface area contributed by atoms with E-state index < -0.39 is 0 Å². The molecule has 1 heterocycles. The maximum atomic E-state index is 5.61. The summed E-state index contributed by atoms with van der Waals surface area (Å²) in [6.45, 7) is 1.01. The van der Waals surface area contributed by atoms with E-state index in [1.807, 2.05) is 0 Å². The lowest BCUT2D eigenvalue weighted by atomic mass is 10.1. The Hall–Kier alpha value is -0.200. The second-order valence-corrected chi connectivity index (χ2v) is 3.50. The van der Waals surface area contributed by atoms with Crippen LogP contribution < -0.4 is 0 Å². The van der Waals surface area contributed by atoms with Crippen LogP contribution in [0.5, 0.6) is 0 Å². The zero-order chi connectivity index (χ0) is 11.3. The summed E-state index contributed by atoms with van der Waals surface area (Å²) in [5.74, 6) is 0. The van der Waals surface area contributed by atoms with Gasteiger partial charge in [0, 0.05) is 28.4 Å². The Morgan fingerprint density at radius 1 is 1.20 bits per heavy atom. The maximum Gasteiger partial charge on any atom is 0.115 e.